The van der Waals surface area contributed by atoms with Crippen molar-refractivity contribution in [3.63, 3.8) is 0 Å². The summed E-state index contributed by atoms with van der Waals surface area (Å²) in [5.74, 6) is 1.62. The first-order valence-corrected chi connectivity index (χ1v) is 7.66. The average Bonchev–Trinajstić information content (AvgIpc) is 3.03. The molecule has 6 heteroatoms. The van der Waals surface area contributed by atoms with E-state index in [0.29, 0.717) is 11.5 Å². The number of thioether (sulfide) groups is 1. The number of hydrogen-bond donors (Lipinski definition) is 3. The van der Waals surface area contributed by atoms with Crippen LogP contribution in [0.4, 0.5) is 0 Å². The minimum absolute atomic E-state index is 0.320. The average molecular weight is 308 g/mol. The van der Waals surface area contributed by atoms with Crippen LogP contribution in [0.2, 0.25) is 0 Å². The van der Waals surface area contributed by atoms with Crippen molar-refractivity contribution in [2.24, 2.45) is 0 Å². The lowest BCUT2D eigenvalue weighted by atomic mass is 10.1. The van der Waals surface area contributed by atoms with Crippen LogP contribution < -0.4 is 4.74 Å². The van der Waals surface area contributed by atoms with Gasteiger partial charge in [-0.3, -0.25) is 0 Å². The van der Waals surface area contributed by atoms with E-state index in [2.05, 4.69) is 0 Å². The number of rotatable bonds is 3. The van der Waals surface area contributed by atoms with E-state index in [9.17, 15) is 15.3 Å². The summed E-state index contributed by atoms with van der Waals surface area (Å²) >= 11 is 1.28. The van der Waals surface area contributed by atoms with Gasteiger partial charge in [0.1, 0.15) is 23.7 Å². The Morgan fingerprint density at radius 1 is 1.10 bits per heavy atom. The molecule has 4 atom stereocenters. The van der Waals surface area contributed by atoms with Gasteiger partial charge in [0.25, 0.3) is 0 Å². The fourth-order valence-corrected chi connectivity index (χ4v) is 3.30. The Morgan fingerprint density at radius 2 is 1.95 bits per heavy atom. The molecule has 0 bridgehead atoms. The van der Waals surface area contributed by atoms with Crippen molar-refractivity contribution in [2.75, 3.05) is 5.75 Å². The first-order valence-electron chi connectivity index (χ1n) is 6.61. The van der Waals surface area contributed by atoms with Gasteiger partial charge in [-0.15, -0.1) is 11.8 Å². The number of ether oxygens (including phenoxy) is 1. The maximum Gasteiger partial charge on any atom is 0.173 e. The van der Waals surface area contributed by atoms with E-state index in [4.69, 9.17) is 9.15 Å². The lowest BCUT2D eigenvalue weighted by Gasteiger charge is -2.34. The second kappa shape index (κ2) is 6.11. The standard InChI is InChI=1S/C15H16O5S/c16-11-8-21-15(14(18)13(11)17)20-10-4-1-3-9(7-10)12-5-2-6-19-12/h1-7,11,13-18H,8H2/t11-,13+,14-,15-/m1/s1. The fourth-order valence-electron chi connectivity index (χ4n) is 2.18. The highest BCUT2D eigenvalue weighted by atomic mass is 32.2. The Labute approximate surface area is 126 Å². The first kappa shape index (κ1) is 14.5. The number of aliphatic hydroxyl groups excluding tert-OH is 3. The number of aliphatic hydroxyl groups is 3. The molecular formula is C15H16O5S. The smallest absolute Gasteiger partial charge is 0.173 e. The van der Waals surface area contributed by atoms with Gasteiger partial charge in [0, 0.05) is 11.3 Å². The van der Waals surface area contributed by atoms with E-state index < -0.39 is 23.7 Å². The normalized spacial score (nSPS) is 29.3. The molecule has 3 N–H and O–H groups in total. The molecule has 2 heterocycles. The third kappa shape index (κ3) is 3.08. The maximum absolute atomic E-state index is 9.95. The van der Waals surface area contributed by atoms with Crippen LogP contribution in [0.3, 0.4) is 0 Å². The van der Waals surface area contributed by atoms with Gasteiger partial charge in [0.2, 0.25) is 0 Å². The third-order valence-electron chi connectivity index (χ3n) is 3.35. The molecule has 0 amide bonds. The van der Waals surface area contributed by atoms with Gasteiger partial charge in [-0.2, -0.15) is 0 Å². The highest BCUT2D eigenvalue weighted by molar-refractivity contribution is 7.99. The molecule has 0 radical (unpaired) electrons. The Kier molecular flexibility index (Phi) is 4.21. The Hall–Kier alpha value is -1.47. The zero-order valence-corrected chi connectivity index (χ0v) is 11.9. The molecule has 1 aromatic heterocycles. The van der Waals surface area contributed by atoms with Crippen molar-refractivity contribution in [1.29, 1.82) is 0 Å². The molecule has 1 aliphatic heterocycles. The van der Waals surface area contributed by atoms with E-state index >= 15 is 0 Å². The van der Waals surface area contributed by atoms with Gasteiger partial charge in [-0.25, -0.2) is 0 Å². The molecule has 1 fully saturated rings. The molecule has 1 aliphatic rings. The summed E-state index contributed by atoms with van der Waals surface area (Å²) in [4.78, 5) is 0. The van der Waals surface area contributed by atoms with Crippen molar-refractivity contribution in [3.05, 3.63) is 42.7 Å². The molecule has 0 aliphatic carbocycles. The van der Waals surface area contributed by atoms with Crippen LogP contribution in [0.5, 0.6) is 5.75 Å². The molecule has 5 nitrogen and oxygen atoms in total. The zero-order chi connectivity index (χ0) is 14.8. The topological polar surface area (TPSA) is 83.1 Å². The minimum atomic E-state index is -1.19. The van der Waals surface area contributed by atoms with E-state index in [1.165, 1.54) is 11.8 Å². The summed E-state index contributed by atoms with van der Waals surface area (Å²) in [5.41, 5.74) is 0.253. The molecule has 21 heavy (non-hydrogen) atoms. The molecular weight excluding hydrogens is 292 g/mol. The summed E-state index contributed by atoms with van der Waals surface area (Å²) in [6, 6.07) is 11.0. The summed E-state index contributed by atoms with van der Waals surface area (Å²) in [7, 11) is 0. The van der Waals surface area contributed by atoms with E-state index in [1.807, 2.05) is 24.3 Å². The fraction of sp³-hybridized carbons (Fsp3) is 0.333. The number of hydrogen-bond acceptors (Lipinski definition) is 6. The molecule has 112 valence electrons. The second-order valence-electron chi connectivity index (χ2n) is 4.87. The van der Waals surface area contributed by atoms with Crippen molar-refractivity contribution in [3.8, 4) is 17.1 Å². The molecule has 0 unspecified atom stereocenters. The van der Waals surface area contributed by atoms with Crippen LogP contribution in [0.25, 0.3) is 11.3 Å². The van der Waals surface area contributed by atoms with Crippen molar-refractivity contribution in [2.45, 2.75) is 23.7 Å². The van der Waals surface area contributed by atoms with Crippen molar-refractivity contribution in [1.82, 2.24) is 0 Å². The van der Waals surface area contributed by atoms with Crippen LogP contribution in [0.1, 0.15) is 0 Å². The quantitative estimate of drug-likeness (QED) is 0.797. The zero-order valence-electron chi connectivity index (χ0n) is 11.1. The molecule has 3 rings (SSSR count). The second-order valence-corrected chi connectivity index (χ2v) is 6.00. The molecule has 1 saturated heterocycles. The lowest BCUT2D eigenvalue weighted by Crippen LogP contribution is -2.50. The molecule has 0 saturated carbocycles. The highest BCUT2D eigenvalue weighted by Crippen LogP contribution is 2.31. The van der Waals surface area contributed by atoms with Crippen LogP contribution in [-0.4, -0.2) is 44.8 Å². The summed E-state index contributed by atoms with van der Waals surface area (Å²) < 4.78 is 11.1. The Bertz CT molecular complexity index is 586. The molecule has 1 aromatic carbocycles. The predicted octanol–water partition coefficient (Wildman–Crippen LogP) is 1.48. The Morgan fingerprint density at radius 3 is 2.71 bits per heavy atom. The van der Waals surface area contributed by atoms with Crippen molar-refractivity contribution < 1.29 is 24.5 Å². The summed E-state index contributed by atoms with van der Waals surface area (Å²) in [5, 5.41) is 29.1. The monoisotopic (exact) mass is 308 g/mol. The van der Waals surface area contributed by atoms with Crippen molar-refractivity contribution >= 4 is 11.8 Å². The van der Waals surface area contributed by atoms with Gasteiger partial charge in [0.15, 0.2) is 5.44 Å². The highest BCUT2D eigenvalue weighted by Gasteiger charge is 2.38. The van der Waals surface area contributed by atoms with Crippen LogP contribution in [-0.2, 0) is 0 Å². The van der Waals surface area contributed by atoms with E-state index in [1.54, 1.807) is 18.4 Å². The van der Waals surface area contributed by atoms with Gasteiger partial charge in [-0.05, 0) is 24.3 Å². The van der Waals surface area contributed by atoms with E-state index in [-0.39, 0.29) is 0 Å². The number of benzene rings is 1. The van der Waals surface area contributed by atoms with E-state index in [0.717, 1.165) is 11.3 Å². The van der Waals surface area contributed by atoms with Gasteiger partial charge in [0.05, 0.1) is 12.4 Å². The van der Waals surface area contributed by atoms with Gasteiger partial charge >= 0.3 is 0 Å². The maximum atomic E-state index is 9.95. The summed E-state index contributed by atoms with van der Waals surface area (Å²) in [6.45, 7) is 0. The van der Waals surface area contributed by atoms with Crippen LogP contribution >= 0.6 is 11.8 Å². The molecule has 2 aromatic rings. The first-order chi connectivity index (χ1) is 10.1. The number of furan rings is 1. The largest absolute Gasteiger partial charge is 0.477 e. The Balaban J connectivity index is 1.75. The predicted molar refractivity (Wildman–Crippen MR) is 79.0 cm³/mol. The lowest BCUT2D eigenvalue weighted by molar-refractivity contribution is -0.0786. The van der Waals surface area contributed by atoms with Gasteiger partial charge in [-0.1, -0.05) is 12.1 Å². The van der Waals surface area contributed by atoms with Crippen LogP contribution in [0.15, 0.2) is 47.1 Å². The van der Waals surface area contributed by atoms with Gasteiger partial charge < -0.3 is 24.5 Å². The summed E-state index contributed by atoms with van der Waals surface area (Å²) in [6.07, 6.45) is -1.66. The SMILES string of the molecule is O[C@@H]1[C@@H](O)[C@H](Oc2cccc(-c3ccco3)c2)SC[C@H]1O. The van der Waals surface area contributed by atoms with Crippen LogP contribution in [0, 0.1) is 0 Å². The third-order valence-corrected chi connectivity index (χ3v) is 4.58. The minimum Gasteiger partial charge on any atom is -0.477 e. The molecule has 0 spiro atoms.